The van der Waals surface area contributed by atoms with E-state index >= 15 is 0 Å². The van der Waals surface area contributed by atoms with Crippen LogP contribution in [0.25, 0.3) is 0 Å². The lowest BCUT2D eigenvalue weighted by atomic mass is 10.1. The molecule has 26 heavy (non-hydrogen) atoms. The number of carbonyl (C=O) groups is 1. The van der Waals surface area contributed by atoms with Gasteiger partial charge in [0.05, 0.1) is 17.9 Å². The first-order valence-electron chi connectivity index (χ1n) is 8.64. The Morgan fingerprint density at radius 3 is 2.65 bits per heavy atom. The molecule has 2 N–H and O–H groups in total. The molecule has 1 aromatic carbocycles. The van der Waals surface area contributed by atoms with Crippen molar-refractivity contribution in [1.29, 1.82) is 0 Å². The fourth-order valence-corrected chi connectivity index (χ4v) is 2.81. The number of anilines is 1. The summed E-state index contributed by atoms with van der Waals surface area (Å²) in [4.78, 5) is 12.5. The maximum absolute atomic E-state index is 12.5. The van der Waals surface area contributed by atoms with Crippen LogP contribution in [0.5, 0.6) is 5.75 Å². The topological polar surface area (TPSA) is 81.1 Å². The molecule has 1 fully saturated rings. The van der Waals surface area contributed by atoms with E-state index in [0.717, 1.165) is 25.9 Å². The van der Waals surface area contributed by atoms with Crippen molar-refractivity contribution in [2.45, 2.75) is 45.3 Å². The Hall–Kier alpha value is -2.12. The number of hydrogen-bond donors (Lipinski definition) is 2. The highest BCUT2D eigenvalue weighted by molar-refractivity contribution is 6.03. The minimum atomic E-state index is -0.348. The Morgan fingerprint density at radius 1 is 1.27 bits per heavy atom. The molecule has 1 saturated heterocycles. The minimum Gasteiger partial charge on any atom is -0.486 e. The van der Waals surface area contributed by atoms with Crippen LogP contribution in [0, 0.1) is 0 Å². The molecule has 0 bridgehead atoms. The fourth-order valence-electron chi connectivity index (χ4n) is 2.81. The van der Waals surface area contributed by atoms with Gasteiger partial charge >= 0.3 is 0 Å². The Bertz CT molecular complexity index is 735. The van der Waals surface area contributed by atoms with Gasteiger partial charge in [0.1, 0.15) is 11.4 Å². The number of carbonyl (C=O) groups excluding carboxylic acids is 1. The van der Waals surface area contributed by atoms with E-state index in [2.05, 4.69) is 20.9 Å². The summed E-state index contributed by atoms with van der Waals surface area (Å²) in [6.45, 7) is 7.83. The quantitative estimate of drug-likeness (QED) is 0.853. The van der Waals surface area contributed by atoms with Crippen molar-refractivity contribution in [1.82, 2.24) is 20.3 Å². The Kier molecular flexibility index (Phi) is 6.61. The number of hydrogen-bond acceptors (Lipinski definition) is 5. The molecule has 3 rings (SSSR count). The number of halogens is 1. The average molecular weight is 380 g/mol. The summed E-state index contributed by atoms with van der Waals surface area (Å²) in [7, 11) is 0. The summed E-state index contributed by atoms with van der Waals surface area (Å²) < 4.78 is 7.71. The van der Waals surface area contributed by atoms with Crippen molar-refractivity contribution in [2.24, 2.45) is 0 Å². The van der Waals surface area contributed by atoms with E-state index in [9.17, 15) is 4.79 Å². The van der Waals surface area contributed by atoms with E-state index in [1.54, 1.807) is 10.9 Å². The van der Waals surface area contributed by atoms with Crippen LogP contribution in [0.1, 0.15) is 50.1 Å². The van der Waals surface area contributed by atoms with Gasteiger partial charge in [0.15, 0.2) is 5.69 Å². The molecule has 1 aliphatic heterocycles. The monoisotopic (exact) mass is 379 g/mol. The summed E-state index contributed by atoms with van der Waals surface area (Å²) >= 11 is 0. The van der Waals surface area contributed by atoms with Gasteiger partial charge in [-0.3, -0.25) is 4.79 Å². The first-order chi connectivity index (χ1) is 11.9. The molecule has 0 aliphatic carbocycles. The van der Waals surface area contributed by atoms with Gasteiger partial charge in [0.25, 0.3) is 5.91 Å². The minimum absolute atomic E-state index is 0. The van der Waals surface area contributed by atoms with Crippen LogP contribution in [0.3, 0.4) is 0 Å². The van der Waals surface area contributed by atoms with Gasteiger partial charge < -0.3 is 15.4 Å². The second-order valence-electron chi connectivity index (χ2n) is 7.23. The molecule has 0 atom stereocenters. The smallest absolute Gasteiger partial charge is 0.277 e. The van der Waals surface area contributed by atoms with E-state index in [-0.39, 0.29) is 23.9 Å². The number of nitrogens with zero attached hydrogens (tertiary/aromatic N) is 3. The van der Waals surface area contributed by atoms with Crippen molar-refractivity contribution in [2.75, 3.05) is 18.4 Å². The lowest BCUT2D eigenvalue weighted by Crippen LogP contribution is -2.29. The number of amides is 1. The molecule has 8 heteroatoms. The molecular formula is C18H26ClN5O2. The van der Waals surface area contributed by atoms with Crippen molar-refractivity contribution >= 4 is 24.0 Å². The van der Waals surface area contributed by atoms with Crippen LogP contribution in [-0.2, 0) is 0 Å². The molecule has 0 saturated carbocycles. The lowest BCUT2D eigenvalue weighted by Gasteiger charge is -2.23. The molecule has 142 valence electrons. The van der Waals surface area contributed by atoms with Crippen LogP contribution in [-0.4, -0.2) is 39.6 Å². The normalized spacial score (nSPS) is 15.2. The number of piperidine rings is 1. The first kappa shape index (κ1) is 20.2. The largest absolute Gasteiger partial charge is 0.486 e. The fraction of sp³-hybridized carbons (Fsp3) is 0.500. The van der Waals surface area contributed by atoms with Gasteiger partial charge in [-0.05, 0) is 58.8 Å². The van der Waals surface area contributed by atoms with E-state index in [1.165, 1.54) is 0 Å². The number of benzene rings is 1. The molecule has 1 amide bonds. The molecule has 1 aliphatic rings. The Balaban J connectivity index is 0.00000243. The van der Waals surface area contributed by atoms with E-state index in [1.807, 2.05) is 45.0 Å². The van der Waals surface area contributed by atoms with E-state index in [0.29, 0.717) is 23.2 Å². The van der Waals surface area contributed by atoms with Crippen LogP contribution in [0.2, 0.25) is 0 Å². The van der Waals surface area contributed by atoms with Gasteiger partial charge in [-0.15, -0.1) is 17.5 Å². The van der Waals surface area contributed by atoms with Crippen LogP contribution >= 0.6 is 12.4 Å². The SMILES string of the molecule is CC(C)(C)Oc1ccccc1NC(=O)c1cn(C2CCNCC2)nn1.Cl. The van der Waals surface area contributed by atoms with Crippen molar-refractivity contribution in [3.05, 3.63) is 36.2 Å². The second-order valence-corrected chi connectivity index (χ2v) is 7.23. The predicted molar refractivity (Wildman–Crippen MR) is 103 cm³/mol. The van der Waals surface area contributed by atoms with E-state index < -0.39 is 0 Å². The highest BCUT2D eigenvalue weighted by Crippen LogP contribution is 2.28. The number of nitrogens with one attached hydrogen (secondary N) is 2. The molecule has 7 nitrogen and oxygen atoms in total. The zero-order chi connectivity index (χ0) is 17.9. The van der Waals surface area contributed by atoms with Gasteiger partial charge in [-0.1, -0.05) is 17.3 Å². The van der Waals surface area contributed by atoms with Gasteiger partial charge in [0.2, 0.25) is 0 Å². The maximum Gasteiger partial charge on any atom is 0.277 e. The van der Waals surface area contributed by atoms with Gasteiger partial charge in [-0.25, -0.2) is 4.68 Å². The molecule has 1 aromatic heterocycles. The number of rotatable bonds is 4. The molecule has 2 heterocycles. The molecule has 0 unspecified atom stereocenters. The van der Waals surface area contributed by atoms with Crippen LogP contribution in [0.4, 0.5) is 5.69 Å². The number of para-hydroxylation sites is 2. The van der Waals surface area contributed by atoms with Crippen molar-refractivity contribution < 1.29 is 9.53 Å². The van der Waals surface area contributed by atoms with Crippen molar-refractivity contribution in [3.8, 4) is 5.75 Å². The number of aromatic nitrogens is 3. The van der Waals surface area contributed by atoms with Crippen LogP contribution in [0.15, 0.2) is 30.5 Å². The van der Waals surface area contributed by atoms with Crippen molar-refractivity contribution in [3.63, 3.8) is 0 Å². The average Bonchev–Trinajstić information content (AvgIpc) is 3.06. The van der Waals surface area contributed by atoms with E-state index in [4.69, 9.17) is 4.74 Å². The zero-order valence-electron chi connectivity index (χ0n) is 15.4. The summed E-state index contributed by atoms with van der Waals surface area (Å²) in [5, 5.41) is 14.4. The Morgan fingerprint density at radius 2 is 1.96 bits per heavy atom. The third-order valence-corrected chi connectivity index (χ3v) is 3.98. The molecular weight excluding hydrogens is 354 g/mol. The zero-order valence-corrected chi connectivity index (χ0v) is 16.2. The maximum atomic E-state index is 12.5. The summed E-state index contributed by atoms with van der Waals surface area (Å²) in [5.41, 5.74) is 0.585. The van der Waals surface area contributed by atoms with Gasteiger partial charge in [-0.2, -0.15) is 0 Å². The predicted octanol–water partition coefficient (Wildman–Crippen LogP) is 3.05. The summed E-state index contributed by atoms with van der Waals surface area (Å²) in [6, 6.07) is 7.69. The molecule has 2 aromatic rings. The Labute approximate surface area is 159 Å². The molecule has 0 spiro atoms. The second kappa shape index (κ2) is 8.51. The summed E-state index contributed by atoms with van der Waals surface area (Å²) in [6.07, 6.45) is 3.71. The highest BCUT2D eigenvalue weighted by Gasteiger charge is 2.20. The lowest BCUT2D eigenvalue weighted by molar-refractivity contribution is 0.101. The summed E-state index contributed by atoms with van der Waals surface area (Å²) in [5.74, 6) is 0.347. The van der Waals surface area contributed by atoms with Crippen LogP contribution < -0.4 is 15.4 Å². The highest BCUT2D eigenvalue weighted by atomic mass is 35.5. The number of ether oxygens (including phenoxy) is 1. The third-order valence-electron chi connectivity index (χ3n) is 3.98. The third kappa shape index (κ3) is 5.19. The van der Waals surface area contributed by atoms with Gasteiger partial charge in [0, 0.05) is 0 Å². The molecule has 0 radical (unpaired) electrons. The standard InChI is InChI=1S/C18H25N5O2.ClH/c1-18(2,3)25-16-7-5-4-6-14(16)20-17(24)15-12-23(22-21-15)13-8-10-19-11-9-13;/h4-7,12-13,19H,8-11H2,1-3H3,(H,20,24);1H. The first-order valence-corrected chi connectivity index (χ1v) is 8.64.